The maximum absolute atomic E-state index is 11.6. The number of alkyl halides is 1. The highest BCUT2D eigenvalue weighted by atomic mass is 19.1. The van der Waals surface area contributed by atoms with Crippen LogP contribution in [0, 0.1) is 17.8 Å². The van der Waals surface area contributed by atoms with Gasteiger partial charge in [-0.1, -0.05) is 5.92 Å². The molecule has 0 bridgehead atoms. The molecule has 1 aliphatic carbocycles. The lowest BCUT2D eigenvalue weighted by molar-refractivity contribution is 0.422. The van der Waals surface area contributed by atoms with Crippen molar-refractivity contribution in [2.24, 2.45) is 5.41 Å². The van der Waals surface area contributed by atoms with Crippen LogP contribution in [-0.4, -0.2) is 6.67 Å². The predicted molar refractivity (Wildman–Crippen MR) is 31.1 cm³/mol. The van der Waals surface area contributed by atoms with Gasteiger partial charge in [0.05, 0.1) is 6.67 Å². The molecule has 1 aliphatic rings. The predicted octanol–water partition coefficient (Wildman–Crippen LogP) is 1.76. The van der Waals surface area contributed by atoms with Crippen LogP contribution in [0.4, 0.5) is 4.39 Å². The Balaban J connectivity index is 2.33. The van der Waals surface area contributed by atoms with Crippen molar-refractivity contribution in [1.82, 2.24) is 0 Å². The molecule has 8 heavy (non-hydrogen) atoms. The Morgan fingerprint density at radius 3 is 2.38 bits per heavy atom. The Hall–Kier alpha value is -0.510. The minimum absolute atomic E-state index is 0.00521. The largest absolute Gasteiger partial charge is 0.251 e. The van der Waals surface area contributed by atoms with Gasteiger partial charge in [-0.2, -0.15) is 0 Å². The topological polar surface area (TPSA) is 0 Å². The highest BCUT2D eigenvalue weighted by Gasteiger charge is 2.39. The zero-order chi connectivity index (χ0) is 6.04. The van der Waals surface area contributed by atoms with E-state index in [4.69, 9.17) is 6.42 Å². The van der Waals surface area contributed by atoms with Crippen molar-refractivity contribution < 1.29 is 4.39 Å². The summed E-state index contributed by atoms with van der Waals surface area (Å²) in [7, 11) is 0. The fourth-order valence-corrected chi connectivity index (χ4v) is 0.798. The second-order valence-corrected chi connectivity index (χ2v) is 2.36. The zero-order valence-corrected chi connectivity index (χ0v) is 4.78. The van der Waals surface area contributed by atoms with Gasteiger partial charge >= 0.3 is 0 Å². The third-order valence-corrected chi connectivity index (χ3v) is 1.73. The van der Waals surface area contributed by atoms with E-state index in [1.54, 1.807) is 0 Å². The third kappa shape index (κ3) is 0.838. The summed E-state index contributed by atoms with van der Waals surface area (Å²) in [6, 6.07) is 0. The van der Waals surface area contributed by atoms with E-state index in [2.05, 4.69) is 5.92 Å². The van der Waals surface area contributed by atoms with Crippen LogP contribution in [0.3, 0.4) is 0 Å². The molecule has 0 saturated heterocycles. The third-order valence-electron chi connectivity index (χ3n) is 1.73. The van der Waals surface area contributed by atoms with Gasteiger partial charge in [-0.3, -0.25) is 4.39 Å². The average molecular weight is 112 g/mol. The normalized spacial score (nSPS) is 22.0. The average Bonchev–Trinajstić information content (AvgIpc) is 2.50. The molecule has 0 aromatic rings. The summed E-state index contributed by atoms with van der Waals surface area (Å²) in [6.45, 7) is -0.260. The SMILES string of the molecule is C#CC1(CCF)CC1. The van der Waals surface area contributed by atoms with Gasteiger partial charge in [-0.05, 0) is 19.3 Å². The van der Waals surface area contributed by atoms with Gasteiger partial charge in [0, 0.05) is 5.41 Å². The van der Waals surface area contributed by atoms with Crippen molar-refractivity contribution in [3.05, 3.63) is 0 Å². The van der Waals surface area contributed by atoms with Crippen molar-refractivity contribution in [1.29, 1.82) is 0 Å². The standard InChI is InChI=1S/C7H9F/c1-2-7(3-4-7)5-6-8/h1H,3-6H2. The zero-order valence-electron chi connectivity index (χ0n) is 4.78. The Morgan fingerprint density at radius 2 is 2.25 bits per heavy atom. The van der Waals surface area contributed by atoms with Gasteiger partial charge in [0.2, 0.25) is 0 Å². The molecule has 0 aromatic carbocycles. The lowest BCUT2D eigenvalue weighted by Gasteiger charge is -1.99. The van der Waals surface area contributed by atoms with Crippen molar-refractivity contribution in [3.8, 4) is 12.3 Å². The molecular weight excluding hydrogens is 103 g/mol. The first-order chi connectivity index (χ1) is 3.83. The van der Waals surface area contributed by atoms with E-state index in [1.165, 1.54) is 0 Å². The summed E-state index contributed by atoms with van der Waals surface area (Å²) in [5, 5.41) is 0. The lowest BCUT2D eigenvalue weighted by Crippen LogP contribution is -1.95. The van der Waals surface area contributed by atoms with Crippen molar-refractivity contribution in [2.75, 3.05) is 6.67 Å². The molecule has 1 saturated carbocycles. The first kappa shape index (κ1) is 5.62. The molecule has 1 rings (SSSR count). The summed E-state index contributed by atoms with van der Waals surface area (Å²) in [4.78, 5) is 0. The number of rotatable bonds is 2. The van der Waals surface area contributed by atoms with E-state index < -0.39 is 0 Å². The summed E-state index contributed by atoms with van der Waals surface area (Å²) < 4.78 is 11.6. The second kappa shape index (κ2) is 1.78. The van der Waals surface area contributed by atoms with E-state index in [0.717, 1.165) is 12.8 Å². The number of terminal acetylenes is 1. The van der Waals surface area contributed by atoms with Crippen LogP contribution in [0.2, 0.25) is 0 Å². The smallest absolute Gasteiger partial charge is 0.0908 e. The Bertz CT molecular complexity index is 117. The van der Waals surface area contributed by atoms with Crippen molar-refractivity contribution in [3.63, 3.8) is 0 Å². The van der Waals surface area contributed by atoms with E-state index in [9.17, 15) is 4.39 Å². The minimum Gasteiger partial charge on any atom is -0.251 e. The lowest BCUT2D eigenvalue weighted by atomic mass is 10.1. The summed E-state index contributed by atoms with van der Waals surface area (Å²) in [5.41, 5.74) is -0.00521. The summed E-state index contributed by atoms with van der Waals surface area (Å²) >= 11 is 0. The molecule has 1 fully saturated rings. The maximum atomic E-state index is 11.6. The first-order valence-electron chi connectivity index (χ1n) is 2.87. The molecule has 0 radical (unpaired) electrons. The molecule has 0 aromatic heterocycles. The second-order valence-electron chi connectivity index (χ2n) is 2.36. The van der Waals surface area contributed by atoms with Gasteiger partial charge in [0.15, 0.2) is 0 Å². The fraction of sp³-hybridized carbons (Fsp3) is 0.714. The quantitative estimate of drug-likeness (QED) is 0.477. The van der Waals surface area contributed by atoms with Gasteiger partial charge in [0.1, 0.15) is 0 Å². The molecule has 0 heterocycles. The highest BCUT2D eigenvalue weighted by Crippen LogP contribution is 2.47. The van der Waals surface area contributed by atoms with Gasteiger partial charge in [-0.25, -0.2) is 0 Å². The molecule has 0 unspecified atom stereocenters. The Labute approximate surface area is 49.1 Å². The molecule has 1 heteroatoms. The molecule has 0 atom stereocenters. The van der Waals surface area contributed by atoms with Crippen LogP contribution in [0.1, 0.15) is 19.3 Å². The molecule has 0 nitrogen and oxygen atoms in total. The molecule has 0 amide bonds. The molecule has 44 valence electrons. The monoisotopic (exact) mass is 112 g/mol. The fourth-order valence-electron chi connectivity index (χ4n) is 0.798. The molecular formula is C7H9F. The van der Waals surface area contributed by atoms with Crippen LogP contribution in [0.25, 0.3) is 0 Å². The van der Waals surface area contributed by atoms with Crippen LogP contribution in [-0.2, 0) is 0 Å². The minimum atomic E-state index is -0.260. The summed E-state index contributed by atoms with van der Waals surface area (Å²) in [5.74, 6) is 2.61. The highest BCUT2D eigenvalue weighted by molar-refractivity contribution is 5.14. The Kier molecular flexibility index (Phi) is 1.25. The molecule has 0 spiro atoms. The van der Waals surface area contributed by atoms with E-state index in [1.807, 2.05) is 0 Å². The van der Waals surface area contributed by atoms with Crippen LogP contribution in [0.5, 0.6) is 0 Å². The van der Waals surface area contributed by atoms with Crippen LogP contribution >= 0.6 is 0 Å². The van der Waals surface area contributed by atoms with E-state index in [-0.39, 0.29) is 12.1 Å². The summed E-state index contributed by atoms with van der Waals surface area (Å²) in [6.07, 6.45) is 7.78. The van der Waals surface area contributed by atoms with Crippen LogP contribution < -0.4 is 0 Å². The number of halogens is 1. The first-order valence-corrected chi connectivity index (χ1v) is 2.87. The van der Waals surface area contributed by atoms with Crippen molar-refractivity contribution in [2.45, 2.75) is 19.3 Å². The van der Waals surface area contributed by atoms with Crippen LogP contribution in [0.15, 0.2) is 0 Å². The Morgan fingerprint density at radius 1 is 1.62 bits per heavy atom. The van der Waals surface area contributed by atoms with Gasteiger partial charge < -0.3 is 0 Å². The van der Waals surface area contributed by atoms with Gasteiger partial charge in [0.25, 0.3) is 0 Å². The van der Waals surface area contributed by atoms with E-state index >= 15 is 0 Å². The number of hydrogen-bond acceptors (Lipinski definition) is 0. The number of hydrogen-bond donors (Lipinski definition) is 0. The molecule has 0 N–H and O–H groups in total. The molecule has 0 aliphatic heterocycles. The van der Waals surface area contributed by atoms with Crippen molar-refractivity contribution >= 4 is 0 Å². The van der Waals surface area contributed by atoms with Gasteiger partial charge in [-0.15, -0.1) is 6.42 Å². The maximum Gasteiger partial charge on any atom is 0.0908 e. The van der Waals surface area contributed by atoms with E-state index in [0.29, 0.717) is 6.42 Å².